The number of nitrogens with one attached hydrogen (secondary N) is 1. The van der Waals surface area contributed by atoms with Crippen LogP contribution in [0.4, 0.5) is 5.69 Å². The van der Waals surface area contributed by atoms with E-state index in [-0.39, 0.29) is 6.10 Å². The van der Waals surface area contributed by atoms with E-state index in [0.29, 0.717) is 13.0 Å². The van der Waals surface area contributed by atoms with Gasteiger partial charge in [-0.1, -0.05) is 18.2 Å². The van der Waals surface area contributed by atoms with Crippen LogP contribution < -0.4 is 5.32 Å². The number of hydrogen-bond donors (Lipinski definition) is 2. The fourth-order valence-corrected chi connectivity index (χ4v) is 2.01. The van der Waals surface area contributed by atoms with Gasteiger partial charge in [0.15, 0.2) is 0 Å². The van der Waals surface area contributed by atoms with E-state index in [1.807, 2.05) is 19.9 Å². The van der Waals surface area contributed by atoms with Crippen molar-refractivity contribution in [1.82, 2.24) is 0 Å². The summed E-state index contributed by atoms with van der Waals surface area (Å²) in [5, 5.41) is 13.0. The van der Waals surface area contributed by atoms with Gasteiger partial charge in [0.05, 0.1) is 11.7 Å². The summed E-state index contributed by atoms with van der Waals surface area (Å²) in [4.78, 5) is 0. The molecule has 0 bridgehead atoms. The molecule has 3 nitrogen and oxygen atoms in total. The summed E-state index contributed by atoms with van der Waals surface area (Å²) in [5.41, 5.74) is 1.89. The van der Waals surface area contributed by atoms with Crippen LogP contribution in [0.5, 0.6) is 0 Å². The first-order valence-electron chi connectivity index (χ1n) is 6.20. The molecule has 0 aromatic heterocycles. The van der Waals surface area contributed by atoms with Crippen molar-refractivity contribution in [3.63, 3.8) is 0 Å². The van der Waals surface area contributed by atoms with Crippen molar-refractivity contribution in [3.8, 4) is 0 Å². The van der Waals surface area contributed by atoms with Gasteiger partial charge < -0.3 is 15.2 Å². The van der Waals surface area contributed by atoms with Crippen molar-refractivity contribution in [3.05, 3.63) is 29.8 Å². The number of hydrogen-bond acceptors (Lipinski definition) is 3. The maximum absolute atomic E-state index is 9.61. The van der Waals surface area contributed by atoms with E-state index in [9.17, 15) is 5.11 Å². The Morgan fingerprint density at radius 1 is 1.41 bits per heavy atom. The van der Waals surface area contributed by atoms with Crippen molar-refractivity contribution in [2.75, 3.05) is 18.5 Å². The van der Waals surface area contributed by atoms with Crippen LogP contribution in [0.1, 0.15) is 25.8 Å². The van der Waals surface area contributed by atoms with E-state index in [1.54, 1.807) is 0 Å². The van der Waals surface area contributed by atoms with Crippen molar-refractivity contribution < 1.29 is 9.84 Å². The highest BCUT2D eigenvalue weighted by molar-refractivity contribution is 5.53. The minimum absolute atomic E-state index is 0.215. The molecule has 0 saturated heterocycles. The van der Waals surface area contributed by atoms with Crippen LogP contribution >= 0.6 is 0 Å². The molecule has 0 amide bonds. The largest absolute Gasteiger partial charge is 0.390 e. The van der Waals surface area contributed by atoms with E-state index >= 15 is 0 Å². The number of benzene rings is 1. The summed E-state index contributed by atoms with van der Waals surface area (Å²) in [5.74, 6) is 0. The maximum Gasteiger partial charge on any atom is 0.0788 e. The van der Waals surface area contributed by atoms with Gasteiger partial charge in [0, 0.05) is 25.3 Å². The summed E-state index contributed by atoms with van der Waals surface area (Å²) >= 11 is 0. The molecule has 1 aliphatic rings. The molecular formula is C14H21NO2. The molecule has 1 aliphatic heterocycles. The van der Waals surface area contributed by atoms with Gasteiger partial charge in [-0.3, -0.25) is 0 Å². The molecule has 1 unspecified atom stereocenters. The molecular weight excluding hydrogens is 214 g/mol. The zero-order valence-electron chi connectivity index (χ0n) is 10.6. The van der Waals surface area contributed by atoms with Crippen molar-refractivity contribution in [2.45, 2.75) is 38.4 Å². The predicted octanol–water partition coefficient (Wildman–Crippen LogP) is 2.20. The standard InChI is InChI=1S/C14H21NO2/c1-14(2,16)7-8-17-12-9-11-5-3-4-6-13(11)15-10-12/h3-6,12,15-16H,7-10H2,1-2H3. The molecule has 1 aromatic rings. The van der Waals surface area contributed by atoms with Crippen LogP contribution in [0, 0.1) is 0 Å². The van der Waals surface area contributed by atoms with Crippen LogP contribution in [0.25, 0.3) is 0 Å². The molecule has 94 valence electrons. The van der Waals surface area contributed by atoms with Gasteiger partial charge in [-0.05, 0) is 31.9 Å². The molecule has 17 heavy (non-hydrogen) atoms. The van der Waals surface area contributed by atoms with Crippen LogP contribution in [0.2, 0.25) is 0 Å². The summed E-state index contributed by atoms with van der Waals surface area (Å²) in [6, 6.07) is 8.33. The molecule has 0 spiro atoms. The molecule has 0 radical (unpaired) electrons. The second-order valence-electron chi connectivity index (χ2n) is 5.30. The molecule has 0 fully saturated rings. The lowest BCUT2D eigenvalue weighted by molar-refractivity contribution is 0.00200. The number of anilines is 1. The fourth-order valence-electron chi connectivity index (χ4n) is 2.01. The van der Waals surface area contributed by atoms with E-state index in [0.717, 1.165) is 13.0 Å². The fraction of sp³-hybridized carbons (Fsp3) is 0.571. The van der Waals surface area contributed by atoms with Gasteiger partial charge in [0.25, 0.3) is 0 Å². The van der Waals surface area contributed by atoms with E-state index in [4.69, 9.17) is 4.74 Å². The highest BCUT2D eigenvalue weighted by atomic mass is 16.5. The second-order valence-corrected chi connectivity index (χ2v) is 5.30. The van der Waals surface area contributed by atoms with Crippen molar-refractivity contribution in [1.29, 1.82) is 0 Å². The third-order valence-electron chi connectivity index (χ3n) is 3.05. The Balaban J connectivity index is 1.82. The van der Waals surface area contributed by atoms with Gasteiger partial charge in [-0.15, -0.1) is 0 Å². The van der Waals surface area contributed by atoms with Crippen molar-refractivity contribution >= 4 is 5.69 Å². The molecule has 0 aliphatic carbocycles. The first-order valence-corrected chi connectivity index (χ1v) is 6.20. The first-order chi connectivity index (χ1) is 8.04. The quantitative estimate of drug-likeness (QED) is 0.840. The lowest BCUT2D eigenvalue weighted by Gasteiger charge is -2.27. The second kappa shape index (κ2) is 5.07. The van der Waals surface area contributed by atoms with Crippen LogP contribution in [-0.2, 0) is 11.2 Å². The molecule has 1 aromatic carbocycles. The third-order valence-corrected chi connectivity index (χ3v) is 3.05. The number of aliphatic hydroxyl groups is 1. The topological polar surface area (TPSA) is 41.5 Å². The number of para-hydroxylation sites is 1. The molecule has 1 atom stereocenters. The highest BCUT2D eigenvalue weighted by Crippen LogP contribution is 2.22. The van der Waals surface area contributed by atoms with Gasteiger partial charge in [0.1, 0.15) is 0 Å². The summed E-state index contributed by atoms with van der Waals surface area (Å²) in [6.07, 6.45) is 1.84. The predicted molar refractivity (Wildman–Crippen MR) is 69.3 cm³/mol. The van der Waals surface area contributed by atoms with Gasteiger partial charge in [-0.25, -0.2) is 0 Å². The Kier molecular flexibility index (Phi) is 3.69. The Hall–Kier alpha value is -1.06. The van der Waals surface area contributed by atoms with E-state index in [2.05, 4.69) is 23.5 Å². The van der Waals surface area contributed by atoms with E-state index in [1.165, 1.54) is 11.3 Å². The molecule has 1 heterocycles. The van der Waals surface area contributed by atoms with E-state index < -0.39 is 5.60 Å². The number of rotatable bonds is 4. The maximum atomic E-state index is 9.61. The lowest BCUT2D eigenvalue weighted by atomic mass is 10.0. The summed E-state index contributed by atoms with van der Waals surface area (Å²) in [7, 11) is 0. The Bertz CT molecular complexity index is 371. The van der Waals surface area contributed by atoms with Crippen molar-refractivity contribution in [2.24, 2.45) is 0 Å². The first kappa shape index (κ1) is 12.4. The monoisotopic (exact) mass is 235 g/mol. The average molecular weight is 235 g/mol. The normalized spacial score (nSPS) is 19.6. The van der Waals surface area contributed by atoms with Crippen LogP contribution in [-0.4, -0.2) is 30.0 Å². The number of fused-ring (bicyclic) bond motifs is 1. The Morgan fingerprint density at radius 3 is 2.94 bits per heavy atom. The lowest BCUT2D eigenvalue weighted by Crippen LogP contribution is -2.32. The third kappa shape index (κ3) is 3.72. The molecule has 2 rings (SSSR count). The summed E-state index contributed by atoms with van der Waals surface area (Å²) in [6.45, 7) is 5.08. The van der Waals surface area contributed by atoms with Gasteiger partial charge >= 0.3 is 0 Å². The van der Waals surface area contributed by atoms with Crippen LogP contribution in [0.3, 0.4) is 0 Å². The minimum atomic E-state index is -0.639. The van der Waals surface area contributed by atoms with Gasteiger partial charge in [0.2, 0.25) is 0 Å². The summed E-state index contributed by atoms with van der Waals surface area (Å²) < 4.78 is 5.79. The smallest absolute Gasteiger partial charge is 0.0788 e. The highest BCUT2D eigenvalue weighted by Gasteiger charge is 2.19. The van der Waals surface area contributed by atoms with Crippen LogP contribution in [0.15, 0.2) is 24.3 Å². The van der Waals surface area contributed by atoms with Gasteiger partial charge in [-0.2, -0.15) is 0 Å². The average Bonchev–Trinajstić information content (AvgIpc) is 2.27. The zero-order chi connectivity index (χ0) is 12.3. The molecule has 0 saturated carbocycles. The molecule has 3 heteroatoms. The number of ether oxygens (including phenoxy) is 1. The minimum Gasteiger partial charge on any atom is -0.390 e. The Labute approximate surface area is 103 Å². The molecule has 2 N–H and O–H groups in total. The zero-order valence-corrected chi connectivity index (χ0v) is 10.6. The Morgan fingerprint density at radius 2 is 2.18 bits per heavy atom. The SMILES string of the molecule is CC(C)(O)CCOC1CNc2ccccc2C1.